The highest BCUT2D eigenvalue weighted by atomic mass is 32.2. The molecule has 2 saturated carbocycles. The lowest BCUT2D eigenvalue weighted by atomic mass is 9.69. The normalized spacial score (nSPS) is 40.8. The molecule has 2 heterocycles. The minimum atomic E-state index is -2.97. The molecule has 0 aromatic carbocycles. The third-order valence-corrected chi connectivity index (χ3v) is 10.2. The van der Waals surface area contributed by atoms with Crippen molar-refractivity contribution in [2.75, 3.05) is 12.8 Å². The number of piperazine rings is 1. The van der Waals surface area contributed by atoms with Gasteiger partial charge >= 0.3 is 0 Å². The third-order valence-electron chi connectivity index (χ3n) is 8.54. The Labute approximate surface area is 192 Å². The lowest BCUT2D eigenvalue weighted by Crippen LogP contribution is -2.68. The molecule has 4 fully saturated rings. The molecule has 0 spiro atoms. The molecule has 0 bridgehead atoms. The summed E-state index contributed by atoms with van der Waals surface area (Å²) in [6.07, 6.45) is 8.42. The monoisotopic (exact) mass is 468 g/mol. The average Bonchev–Trinajstić information content (AvgIpc) is 3.17. The number of carbonyl (C=O) groups is 2. The highest BCUT2D eigenvalue weighted by Crippen LogP contribution is 2.43. The van der Waals surface area contributed by atoms with E-state index in [2.05, 4.69) is 29.6 Å². The van der Waals surface area contributed by atoms with E-state index >= 15 is 0 Å². The highest BCUT2D eigenvalue weighted by Gasteiger charge is 2.49. The highest BCUT2D eigenvalue weighted by molar-refractivity contribution is 7.91. The number of nitrogens with one attached hydrogen (secondary N) is 2. The van der Waals surface area contributed by atoms with E-state index in [0.717, 1.165) is 51.4 Å². The molecule has 182 valence electrons. The molecular formula is C23H40N4O4S. The number of rotatable bonds is 3. The van der Waals surface area contributed by atoms with Gasteiger partial charge in [0.1, 0.15) is 15.9 Å². The zero-order valence-corrected chi connectivity index (χ0v) is 20.7. The van der Waals surface area contributed by atoms with Crippen molar-refractivity contribution in [3.8, 4) is 0 Å². The van der Waals surface area contributed by atoms with E-state index in [-0.39, 0.29) is 47.3 Å². The van der Waals surface area contributed by atoms with Gasteiger partial charge in [-0.05, 0) is 77.0 Å². The number of fused-ring (bicyclic) bond motifs is 1. The Kier molecular flexibility index (Phi) is 6.90. The fourth-order valence-electron chi connectivity index (χ4n) is 6.95. The molecule has 0 radical (unpaired) electrons. The van der Waals surface area contributed by atoms with Crippen molar-refractivity contribution in [2.24, 2.45) is 11.8 Å². The molecule has 4 aliphatic rings. The van der Waals surface area contributed by atoms with Crippen LogP contribution in [-0.2, 0) is 19.4 Å². The van der Waals surface area contributed by atoms with Crippen molar-refractivity contribution in [2.45, 2.75) is 108 Å². The molecule has 0 aromatic rings. The van der Waals surface area contributed by atoms with Gasteiger partial charge in [-0.25, -0.2) is 13.8 Å². The van der Waals surface area contributed by atoms with E-state index < -0.39 is 9.84 Å². The number of hydrazine groups is 1. The smallest absolute Gasteiger partial charge is 0.241 e. The molecule has 8 nitrogen and oxygen atoms in total. The van der Waals surface area contributed by atoms with Crippen molar-refractivity contribution in [3.63, 3.8) is 0 Å². The second kappa shape index (κ2) is 9.22. The SMILES string of the molecule is CC(=O)N1C2CCC(C3CCC(S(C)(=O)=O)CC3)CC2N(C(=O)C2CC(C)NN2)C[C@@H]1C. The van der Waals surface area contributed by atoms with Gasteiger partial charge in [0.05, 0.1) is 17.3 Å². The van der Waals surface area contributed by atoms with Gasteiger partial charge < -0.3 is 9.80 Å². The number of hydrogen-bond donors (Lipinski definition) is 2. The third kappa shape index (κ3) is 4.71. The predicted octanol–water partition coefficient (Wildman–Crippen LogP) is 1.46. The van der Waals surface area contributed by atoms with Gasteiger partial charge in [-0.2, -0.15) is 0 Å². The average molecular weight is 469 g/mol. The molecule has 0 aromatic heterocycles. The molecule has 2 amide bonds. The van der Waals surface area contributed by atoms with Crippen molar-refractivity contribution in [3.05, 3.63) is 0 Å². The van der Waals surface area contributed by atoms with Crippen LogP contribution in [0.2, 0.25) is 0 Å². The van der Waals surface area contributed by atoms with E-state index in [1.54, 1.807) is 6.92 Å². The lowest BCUT2D eigenvalue weighted by molar-refractivity contribution is -0.155. The van der Waals surface area contributed by atoms with Gasteiger partial charge in [0.25, 0.3) is 0 Å². The first kappa shape index (κ1) is 24.0. The summed E-state index contributed by atoms with van der Waals surface area (Å²) >= 11 is 0. The number of hydrogen-bond acceptors (Lipinski definition) is 6. The maximum Gasteiger partial charge on any atom is 0.241 e. The van der Waals surface area contributed by atoms with Crippen LogP contribution in [0.15, 0.2) is 0 Å². The molecule has 32 heavy (non-hydrogen) atoms. The Morgan fingerprint density at radius 3 is 2.09 bits per heavy atom. The molecule has 6 atom stereocenters. The minimum absolute atomic E-state index is 0.0197. The predicted molar refractivity (Wildman–Crippen MR) is 123 cm³/mol. The van der Waals surface area contributed by atoms with Crippen molar-refractivity contribution in [1.82, 2.24) is 20.7 Å². The Bertz CT molecular complexity index is 826. The standard InChI is InChI=1S/C23H40N4O4S/c1-14-11-20(25-24-14)23(29)26-13-15(2)27(16(3)28)21-10-7-18(12-22(21)26)17-5-8-19(9-6-17)32(4,30)31/h14-15,17-22,24-25H,5-13H2,1-4H3/t14?,15-,17?,18?,19?,20?,21?,22?/m0/s1. The quantitative estimate of drug-likeness (QED) is 0.651. The van der Waals surface area contributed by atoms with E-state index in [9.17, 15) is 18.0 Å². The Hall–Kier alpha value is -1.19. The summed E-state index contributed by atoms with van der Waals surface area (Å²) in [6, 6.07) is 0.195. The van der Waals surface area contributed by atoms with Crippen LogP contribution in [0, 0.1) is 11.8 Å². The molecule has 2 aliphatic carbocycles. The molecule has 5 unspecified atom stereocenters. The first-order chi connectivity index (χ1) is 15.1. The van der Waals surface area contributed by atoms with Gasteiger partial charge in [0.15, 0.2) is 0 Å². The van der Waals surface area contributed by atoms with Gasteiger partial charge in [-0.15, -0.1) is 0 Å². The largest absolute Gasteiger partial charge is 0.334 e. The molecule has 2 aliphatic heterocycles. The zero-order chi connectivity index (χ0) is 23.2. The Morgan fingerprint density at radius 2 is 1.53 bits per heavy atom. The number of amides is 2. The van der Waals surface area contributed by atoms with Crippen LogP contribution < -0.4 is 10.9 Å². The molecule has 9 heteroatoms. The summed E-state index contributed by atoms with van der Waals surface area (Å²) in [5.41, 5.74) is 6.33. The van der Waals surface area contributed by atoms with Crippen LogP contribution in [0.4, 0.5) is 0 Å². The second-order valence-corrected chi connectivity index (χ2v) is 13.1. The first-order valence-electron chi connectivity index (χ1n) is 12.4. The molecule has 4 rings (SSSR count). The van der Waals surface area contributed by atoms with E-state index in [1.165, 1.54) is 6.26 Å². The van der Waals surface area contributed by atoms with Crippen molar-refractivity contribution < 1.29 is 18.0 Å². The van der Waals surface area contributed by atoms with Crippen molar-refractivity contribution in [1.29, 1.82) is 0 Å². The van der Waals surface area contributed by atoms with Crippen LogP contribution in [0.5, 0.6) is 0 Å². The fourth-order valence-corrected chi connectivity index (χ4v) is 8.08. The van der Waals surface area contributed by atoms with E-state index in [0.29, 0.717) is 18.4 Å². The van der Waals surface area contributed by atoms with E-state index in [4.69, 9.17) is 0 Å². The van der Waals surface area contributed by atoms with Crippen molar-refractivity contribution >= 4 is 21.7 Å². The minimum Gasteiger partial charge on any atom is -0.334 e. The van der Waals surface area contributed by atoms with Crippen LogP contribution >= 0.6 is 0 Å². The summed E-state index contributed by atoms with van der Waals surface area (Å²) in [6.45, 7) is 6.36. The summed E-state index contributed by atoms with van der Waals surface area (Å²) in [7, 11) is -2.97. The summed E-state index contributed by atoms with van der Waals surface area (Å²) in [4.78, 5) is 30.1. The second-order valence-electron chi connectivity index (χ2n) is 10.8. The first-order valence-corrected chi connectivity index (χ1v) is 14.3. The van der Waals surface area contributed by atoms with Crippen LogP contribution in [-0.4, -0.2) is 78.3 Å². The topological polar surface area (TPSA) is 98.8 Å². The number of sulfone groups is 1. The van der Waals surface area contributed by atoms with E-state index in [1.807, 2.05) is 4.90 Å². The maximum absolute atomic E-state index is 13.5. The fraction of sp³-hybridized carbons (Fsp3) is 0.913. The maximum atomic E-state index is 13.5. The summed E-state index contributed by atoms with van der Waals surface area (Å²) in [5.74, 6) is 1.25. The van der Waals surface area contributed by atoms with Crippen LogP contribution in [0.25, 0.3) is 0 Å². The molecule has 2 N–H and O–H groups in total. The Morgan fingerprint density at radius 1 is 0.875 bits per heavy atom. The van der Waals surface area contributed by atoms with Crippen LogP contribution in [0.1, 0.15) is 72.1 Å². The molecule has 2 saturated heterocycles. The summed E-state index contributed by atoms with van der Waals surface area (Å²) < 4.78 is 23.9. The van der Waals surface area contributed by atoms with Gasteiger partial charge in [-0.1, -0.05) is 0 Å². The van der Waals surface area contributed by atoms with Crippen LogP contribution in [0.3, 0.4) is 0 Å². The molecular weight excluding hydrogens is 428 g/mol. The van der Waals surface area contributed by atoms with Gasteiger partial charge in [-0.3, -0.25) is 15.0 Å². The zero-order valence-electron chi connectivity index (χ0n) is 19.9. The lowest BCUT2D eigenvalue weighted by Gasteiger charge is -2.55. The van der Waals surface area contributed by atoms with Gasteiger partial charge in [0, 0.05) is 31.8 Å². The Balaban J connectivity index is 1.50. The number of carbonyl (C=O) groups excluding carboxylic acids is 2. The summed E-state index contributed by atoms with van der Waals surface area (Å²) in [5, 5.41) is -0.195. The van der Waals surface area contributed by atoms with Gasteiger partial charge in [0.2, 0.25) is 11.8 Å². The number of nitrogens with zero attached hydrogens (tertiary/aromatic N) is 2.